The Morgan fingerprint density at radius 2 is 2.18 bits per heavy atom. The van der Waals surface area contributed by atoms with Crippen molar-refractivity contribution in [1.29, 1.82) is 5.41 Å². The second-order valence-electron chi connectivity index (χ2n) is 6.54. The minimum atomic E-state index is -0.915. The van der Waals surface area contributed by atoms with E-state index in [0.717, 1.165) is 17.6 Å². The van der Waals surface area contributed by atoms with Crippen molar-refractivity contribution < 1.29 is 13.6 Å². The van der Waals surface area contributed by atoms with Crippen LogP contribution in [0.1, 0.15) is 21.8 Å². The van der Waals surface area contributed by atoms with Crippen molar-refractivity contribution in [2.45, 2.75) is 19.0 Å². The number of carbonyl (C=O) groups is 1. The second-order valence-corrected chi connectivity index (χ2v) is 7.80. The van der Waals surface area contributed by atoms with Gasteiger partial charge >= 0.3 is 0 Å². The molecule has 10 heteroatoms. The maximum atomic E-state index is 14.7. The Balaban J connectivity index is 1.63. The molecular weight excluding hydrogens is 404 g/mol. The molecule has 4 rings (SSSR count). The average molecular weight is 421 g/mol. The summed E-state index contributed by atoms with van der Waals surface area (Å²) in [6, 6.07) is 3.23. The number of rotatable bonds is 4. The van der Waals surface area contributed by atoms with E-state index in [-0.39, 0.29) is 18.0 Å². The molecule has 1 saturated heterocycles. The van der Waals surface area contributed by atoms with Gasteiger partial charge in [0.05, 0.1) is 23.5 Å². The third-order valence-electron chi connectivity index (χ3n) is 4.82. The first-order valence-electron chi connectivity index (χ1n) is 8.74. The van der Waals surface area contributed by atoms with Gasteiger partial charge in [0.15, 0.2) is 0 Å². The van der Waals surface area contributed by atoms with Crippen LogP contribution in [0.15, 0.2) is 23.2 Å². The lowest BCUT2D eigenvalue weighted by molar-refractivity contribution is 0.0805. The lowest BCUT2D eigenvalue weighted by Gasteiger charge is -2.25. The Morgan fingerprint density at radius 3 is 2.82 bits per heavy atom. The highest BCUT2D eigenvalue weighted by atomic mass is 32.1. The number of aromatic nitrogens is 2. The molecule has 1 amide bonds. The number of halogens is 2. The number of alkyl halides is 1. The van der Waals surface area contributed by atoms with E-state index in [1.54, 1.807) is 17.0 Å². The number of nitrogens with zero attached hydrogens (tertiary/aromatic N) is 4. The molecule has 0 bridgehead atoms. The summed E-state index contributed by atoms with van der Waals surface area (Å²) < 4.78 is 28.0. The molecule has 0 aromatic carbocycles. The number of anilines is 1. The van der Waals surface area contributed by atoms with Gasteiger partial charge in [-0.1, -0.05) is 0 Å². The number of amides is 1. The topological polar surface area (TPSA) is 73.2 Å². The van der Waals surface area contributed by atoms with Crippen LogP contribution in [-0.2, 0) is 6.42 Å². The van der Waals surface area contributed by atoms with Gasteiger partial charge in [-0.15, -0.1) is 24.0 Å². The molecule has 1 unspecified atom stereocenters. The van der Waals surface area contributed by atoms with Gasteiger partial charge in [0.2, 0.25) is 5.95 Å². The highest BCUT2D eigenvalue weighted by Gasteiger charge is 2.31. The standard InChI is InChI=1S/C18H17F2N5OS2/c19-10-3-5-24(8-10)14-2-1-12(16(20)23-14)17-22-13-4-6-25(11(7-21)9-27)18(26)15(13)28-17/h1-2,7,9-10,21,27H,3-6,8H2/b11-9+,21-7?. The average Bonchev–Trinajstić information content (AvgIpc) is 3.31. The van der Waals surface area contributed by atoms with Crippen molar-refractivity contribution in [2.75, 3.05) is 24.5 Å². The fourth-order valence-electron chi connectivity index (χ4n) is 3.36. The Labute approximate surface area is 169 Å². The van der Waals surface area contributed by atoms with Gasteiger partial charge in [-0.05, 0) is 24.0 Å². The van der Waals surface area contributed by atoms with Crippen LogP contribution >= 0.6 is 24.0 Å². The van der Waals surface area contributed by atoms with E-state index >= 15 is 0 Å². The summed E-state index contributed by atoms with van der Waals surface area (Å²) in [4.78, 5) is 24.8. The monoisotopic (exact) mass is 421 g/mol. The molecule has 0 saturated carbocycles. The highest BCUT2D eigenvalue weighted by Crippen LogP contribution is 2.34. The van der Waals surface area contributed by atoms with Gasteiger partial charge in [-0.3, -0.25) is 4.79 Å². The molecule has 28 heavy (non-hydrogen) atoms. The predicted octanol–water partition coefficient (Wildman–Crippen LogP) is 3.31. The van der Waals surface area contributed by atoms with Crippen LogP contribution in [0.2, 0.25) is 0 Å². The van der Waals surface area contributed by atoms with E-state index in [1.807, 2.05) is 0 Å². The third kappa shape index (κ3) is 3.30. The number of thiazole rings is 1. The number of allylic oxidation sites excluding steroid dienone is 1. The smallest absolute Gasteiger partial charge is 0.270 e. The Bertz CT molecular complexity index is 977. The summed E-state index contributed by atoms with van der Waals surface area (Å²) in [6.45, 7) is 1.11. The Hall–Kier alpha value is -2.33. The first kappa shape index (κ1) is 19.0. The van der Waals surface area contributed by atoms with Crippen LogP contribution in [0, 0.1) is 11.4 Å². The van der Waals surface area contributed by atoms with Crippen molar-refractivity contribution in [1.82, 2.24) is 14.9 Å². The number of hydrogen-bond donors (Lipinski definition) is 2. The largest absolute Gasteiger partial charge is 0.353 e. The van der Waals surface area contributed by atoms with E-state index in [1.165, 1.54) is 10.3 Å². The molecule has 146 valence electrons. The number of fused-ring (bicyclic) bond motifs is 1. The van der Waals surface area contributed by atoms with Crippen molar-refractivity contribution in [2.24, 2.45) is 0 Å². The lowest BCUT2D eigenvalue weighted by Crippen LogP contribution is -2.36. The Kier molecular flexibility index (Phi) is 5.15. The summed E-state index contributed by atoms with van der Waals surface area (Å²) in [6.07, 6.45) is 1.08. The van der Waals surface area contributed by atoms with Gasteiger partial charge in [0.25, 0.3) is 5.91 Å². The zero-order chi connectivity index (χ0) is 19.8. The third-order valence-corrected chi connectivity index (χ3v) is 6.20. The molecule has 1 N–H and O–H groups in total. The molecule has 4 heterocycles. The molecule has 2 aliphatic heterocycles. The quantitative estimate of drug-likeness (QED) is 0.451. The van der Waals surface area contributed by atoms with Crippen LogP contribution in [0.25, 0.3) is 10.6 Å². The molecule has 0 spiro atoms. The van der Waals surface area contributed by atoms with Crippen LogP contribution in [-0.4, -0.2) is 52.8 Å². The van der Waals surface area contributed by atoms with Crippen LogP contribution < -0.4 is 4.90 Å². The predicted molar refractivity (Wildman–Crippen MR) is 108 cm³/mol. The van der Waals surface area contributed by atoms with Crippen molar-refractivity contribution in [3.05, 3.63) is 39.8 Å². The number of pyridine rings is 1. The summed E-state index contributed by atoms with van der Waals surface area (Å²) in [5.41, 5.74) is 1.23. The van der Waals surface area contributed by atoms with Gasteiger partial charge in [-0.25, -0.2) is 14.4 Å². The molecule has 1 fully saturated rings. The van der Waals surface area contributed by atoms with E-state index < -0.39 is 12.1 Å². The molecule has 2 aliphatic rings. The van der Waals surface area contributed by atoms with Crippen LogP contribution in [0.4, 0.5) is 14.6 Å². The Morgan fingerprint density at radius 1 is 1.36 bits per heavy atom. The fraction of sp³-hybridized carbons (Fsp3) is 0.333. The van der Waals surface area contributed by atoms with Gasteiger partial charge in [-0.2, -0.15) is 4.39 Å². The van der Waals surface area contributed by atoms with Crippen LogP contribution in [0.5, 0.6) is 0 Å². The zero-order valence-corrected chi connectivity index (χ0v) is 16.4. The first-order chi connectivity index (χ1) is 13.5. The molecule has 1 atom stereocenters. The van der Waals surface area contributed by atoms with Crippen LogP contribution in [0.3, 0.4) is 0 Å². The minimum Gasteiger partial charge on any atom is -0.353 e. The molecular formula is C18H17F2N5OS2. The lowest BCUT2D eigenvalue weighted by atomic mass is 10.1. The minimum absolute atomic E-state index is 0.218. The fourth-order valence-corrected chi connectivity index (χ4v) is 4.65. The van der Waals surface area contributed by atoms with Gasteiger partial charge in [0.1, 0.15) is 21.9 Å². The second kappa shape index (κ2) is 7.59. The molecule has 0 aliphatic carbocycles. The maximum Gasteiger partial charge on any atom is 0.270 e. The summed E-state index contributed by atoms with van der Waals surface area (Å²) in [7, 11) is 0. The molecule has 0 radical (unpaired) electrons. The molecule has 2 aromatic heterocycles. The highest BCUT2D eigenvalue weighted by molar-refractivity contribution is 7.83. The summed E-state index contributed by atoms with van der Waals surface area (Å²) in [5, 5.41) is 9.19. The van der Waals surface area contributed by atoms with Gasteiger partial charge in [0, 0.05) is 25.7 Å². The van der Waals surface area contributed by atoms with E-state index in [0.29, 0.717) is 53.0 Å². The zero-order valence-electron chi connectivity index (χ0n) is 14.7. The first-order valence-corrected chi connectivity index (χ1v) is 10.1. The number of thiol groups is 1. The summed E-state index contributed by atoms with van der Waals surface area (Å²) >= 11 is 5.15. The molecule has 6 nitrogen and oxygen atoms in total. The number of carbonyl (C=O) groups excluding carboxylic acids is 1. The maximum absolute atomic E-state index is 14.7. The van der Waals surface area contributed by atoms with E-state index in [4.69, 9.17) is 5.41 Å². The van der Waals surface area contributed by atoms with E-state index in [2.05, 4.69) is 22.6 Å². The number of hydrogen-bond acceptors (Lipinski definition) is 7. The summed E-state index contributed by atoms with van der Waals surface area (Å²) in [5.74, 6) is -0.560. The normalized spacial score (nSPS) is 19.9. The van der Waals surface area contributed by atoms with E-state index in [9.17, 15) is 13.6 Å². The van der Waals surface area contributed by atoms with Crippen molar-refractivity contribution >= 4 is 41.9 Å². The van der Waals surface area contributed by atoms with Gasteiger partial charge < -0.3 is 15.2 Å². The number of nitrogens with one attached hydrogen (secondary N) is 1. The SMILES string of the molecule is N=C/C(=C\S)N1CCc2nc(-c3ccc(N4CCC(F)C4)nc3F)sc2C1=O. The molecule has 2 aromatic rings. The van der Waals surface area contributed by atoms with Crippen molar-refractivity contribution in [3.63, 3.8) is 0 Å². The van der Waals surface area contributed by atoms with Crippen molar-refractivity contribution in [3.8, 4) is 10.6 Å².